The Morgan fingerprint density at radius 3 is 1.54 bits per heavy atom. The van der Waals surface area contributed by atoms with Gasteiger partial charge in [0, 0.05) is 61.6 Å². The molecule has 3 unspecified atom stereocenters. The van der Waals surface area contributed by atoms with Crippen molar-refractivity contribution in [1.29, 1.82) is 0 Å². The number of carbonyl (C=O) groups excluding carboxylic acids is 2. The van der Waals surface area contributed by atoms with Gasteiger partial charge in [-0.2, -0.15) is 0 Å². The van der Waals surface area contributed by atoms with Crippen molar-refractivity contribution in [2.45, 2.75) is 43.2 Å². The van der Waals surface area contributed by atoms with Gasteiger partial charge >= 0.3 is 0 Å². The Bertz CT molecular complexity index is 2120. The molecule has 12 heteroatoms. The highest BCUT2D eigenvalue weighted by Gasteiger charge is 2.39. The summed E-state index contributed by atoms with van der Waals surface area (Å²) in [5, 5.41) is 0. The molecule has 0 aromatic heterocycles. The summed E-state index contributed by atoms with van der Waals surface area (Å²) >= 11 is 0. The molecule has 4 aliphatic heterocycles. The van der Waals surface area contributed by atoms with Gasteiger partial charge in [-0.1, -0.05) is 24.3 Å². The van der Waals surface area contributed by atoms with E-state index in [4.69, 9.17) is 39.4 Å². The van der Waals surface area contributed by atoms with E-state index in [9.17, 15) is 9.59 Å². The molecule has 2 N–H and O–H groups in total. The Balaban J connectivity index is 0.893. The van der Waals surface area contributed by atoms with Crippen LogP contribution in [0.2, 0.25) is 0 Å². The van der Waals surface area contributed by atoms with Crippen LogP contribution in [0.3, 0.4) is 0 Å². The van der Waals surface area contributed by atoms with Crippen molar-refractivity contribution >= 4 is 41.3 Å². The van der Waals surface area contributed by atoms with Crippen LogP contribution < -0.4 is 29.4 Å². The lowest BCUT2D eigenvalue weighted by atomic mass is 9.96. The monoisotopic (exact) mass is 729 g/mol. The minimum absolute atomic E-state index is 0.0785. The molecule has 12 nitrogen and oxygen atoms in total. The summed E-state index contributed by atoms with van der Waals surface area (Å²) < 4.78 is 28.9. The predicted octanol–water partition coefficient (Wildman–Crippen LogP) is 6.57. The summed E-state index contributed by atoms with van der Waals surface area (Å²) in [5.74, 6) is 2.96. The van der Waals surface area contributed by atoms with Crippen molar-refractivity contribution in [2.24, 2.45) is 9.98 Å². The number of amides is 2. The fourth-order valence-corrected chi connectivity index (χ4v) is 7.87. The second-order valence-electron chi connectivity index (χ2n) is 14.0. The zero-order valence-corrected chi connectivity index (χ0v) is 30.6. The summed E-state index contributed by atoms with van der Waals surface area (Å²) in [6, 6.07) is 22.6. The van der Waals surface area contributed by atoms with Crippen LogP contribution in [0.5, 0.6) is 28.7 Å². The van der Waals surface area contributed by atoms with Gasteiger partial charge in [-0.05, 0) is 60.4 Å². The lowest BCUT2D eigenvalue weighted by Gasteiger charge is -2.21. The van der Waals surface area contributed by atoms with E-state index in [-0.39, 0.29) is 35.7 Å². The molecule has 8 rings (SSSR count). The first-order chi connectivity index (χ1) is 26.3. The largest absolute Gasteiger partial charge is 0.497 e. The van der Waals surface area contributed by atoms with Gasteiger partial charge in [0.15, 0.2) is 23.0 Å². The Morgan fingerprint density at radius 1 is 0.630 bits per heavy atom. The van der Waals surface area contributed by atoms with Crippen LogP contribution in [-0.2, 0) is 0 Å². The smallest absolute Gasteiger partial charge is 0.256 e. The fourth-order valence-electron chi connectivity index (χ4n) is 7.87. The Morgan fingerprint density at radius 2 is 1.09 bits per heavy atom. The quantitative estimate of drug-likeness (QED) is 0.135. The molecule has 0 radical (unpaired) electrons. The van der Waals surface area contributed by atoms with E-state index in [0.717, 1.165) is 29.8 Å². The Labute approximate surface area is 314 Å². The number of nitrogens with two attached hydrogens (primary N) is 1. The molecule has 4 aliphatic rings. The first kappa shape index (κ1) is 35.0. The number of aliphatic imine (C=N–C) groups is 2. The number of benzene rings is 4. The van der Waals surface area contributed by atoms with Gasteiger partial charge in [0.2, 0.25) is 0 Å². The average molecular weight is 730 g/mol. The highest BCUT2D eigenvalue weighted by atomic mass is 16.5. The fraction of sp³-hybridized carbons (Fsp3) is 0.333. The molecule has 0 saturated carbocycles. The van der Waals surface area contributed by atoms with Gasteiger partial charge in [-0.3, -0.25) is 19.6 Å². The number of hydrogen-bond donors (Lipinski definition) is 1. The van der Waals surface area contributed by atoms with Crippen molar-refractivity contribution in [3.05, 3.63) is 95.1 Å². The van der Waals surface area contributed by atoms with Crippen LogP contribution in [0, 0.1) is 0 Å². The van der Waals surface area contributed by atoms with Crippen molar-refractivity contribution in [3.63, 3.8) is 0 Å². The lowest BCUT2D eigenvalue weighted by molar-refractivity contribution is 0.0765. The molecule has 0 bridgehead atoms. The third kappa shape index (κ3) is 6.68. The van der Waals surface area contributed by atoms with Crippen LogP contribution in [0.15, 0.2) is 82.8 Å². The molecular weight excluding hydrogens is 686 g/mol. The zero-order valence-electron chi connectivity index (χ0n) is 30.6. The number of methoxy groups -OCH3 is 3. The van der Waals surface area contributed by atoms with E-state index in [1.165, 1.54) is 5.56 Å². The maximum Gasteiger partial charge on any atom is 0.256 e. The summed E-state index contributed by atoms with van der Waals surface area (Å²) in [6.45, 7) is 1.84. The molecule has 54 heavy (non-hydrogen) atoms. The molecule has 4 atom stereocenters. The number of nitrogens with zero attached hydrogens (tertiary/aromatic N) is 4. The normalized spacial score (nSPS) is 21.1. The molecule has 2 amide bonds. The summed E-state index contributed by atoms with van der Waals surface area (Å²) in [6.07, 6.45) is 5.84. The molecule has 0 aliphatic carbocycles. The third-order valence-corrected chi connectivity index (χ3v) is 10.8. The maximum atomic E-state index is 13.8. The van der Waals surface area contributed by atoms with E-state index in [0.29, 0.717) is 78.2 Å². The third-order valence-electron chi connectivity index (χ3n) is 10.8. The maximum absolute atomic E-state index is 13.8. The van der Waals surface area contributed by atoms with Crippen LogP contribution in [0.4, 0.5) is 17.1 Å². The van der Waals surface area contributed by atoms with Crippen molar-refractivity contribution in [3.8, 4) is 28.7 Å². The van der Waals surface area contributed by atoms with Crippen molar-refractivity contribution in [2.75, 3.05) is 53.4 Å². The van der Waals surface area contributed by atoms with Gasteiger partial charge in [0.1, 0.15) is 5.75 Å². The van der Waals surface area contributed by atoms with Crippen molar-refractivity contribution < 1.29 is 33.3 Å². The van der Waals surface area contributed by atoms with Crippen LogP contribution in [-0.4, -0.2) is 93.8 Å². The number of hydrogen-bond acceptors (Lipinski definition) is 10. The molecule has 4 aromatic carbocycles. The number of nitrogen functional groups attached to an aromatic ring is 1. The van der Waals surface area contributed by atoms with Gasteiger partial charge in [-0.15, -0.1) is 0 Å². The Kier molecular flexibility index (Phi) is 9.57. The summed E-state index contributed by atoms with van der Waals surface area (Å²) in [7, 11) is 4.76. The van der Waals surface area contributed by atoms with E-state index in [1.54, 1.807) is 45.6 Å². The SMILES string of the molecule is COc1ccc(C2C[C@H]3C=Nc4cc(OCCCOc5cc6c(cc5OC)C(=O)N5CC(c7ccc(N)cc7)CC5C=N6)c(OC)cc4C(=O)N3C2)cc1. The Hall–Kier alpha value is -6.04. The molecule has 278 valence electrons. The predicted molar refractivity (Wildman–Crippen MR) is 206 cm³/mol. The average Bonchev–Trinajstić information content (AvgIpc) is 3.78. The number of anilines is 1. The number of rotatable bonds is 11. The second-order valence-corrected chi connectivity index (χ2v) is 14.0. The van der Waals surface area contributed by atoms with Gasteiger partial charge in [0.05, 0.1) is 69.1 Å². The second kappa shape index (κ2) is 14.8. The highest BCUT2D eigenvalue weighted by molar-refractivity contribution is 6.04. The zero-order chi connectivity index (χ0) is 37.3. The first-order valence-corrected chi connectivity index (χ1v) is 18.2. The summed E-state index contributed by atoms with van der Waals surface area (Å²) in [5.41, 5.74) is 11.0. The molecule has 2 saturated heterocycles. The molecule has 0 spiro atoms. The summed E-state index contributed by atoms with van der Waals surface area (Å²) in [4.78, 5) is 40.8. The molecule has 4 aromatic rings. The molecule has 2 fully saturated rings. The van der Waals surface area contributed by atoms with Crippen LogP contribution in [0.25, 0.3) is 0 Å². The van der Waals surface area contributed by atoms with E-state index >= 15 is 0 Å². The minimum atomic E-state index is -0.108. The van der Waals surface area contributed by atoms with E-state index in [2.05, 4.69) is 12.1 Å². The first-order valence-electron chi connectivity index (χ1n) is 18.2. The van der Waals surface area contributed by atoms with Crippen LogP contribution >= 0.6 is 0 Å². The van der Waals surface area contributed by atoms with Crippen molar-refractivity contribution in [1.82, 2.24) is 9.80 Å². The number of carbonyl (C=O) groups is 2. The number of fused-ring (bicyclic) bond motifs is 4. The van der Waals surface area contributed by atoms with Gasteiger partial charge < -0.3 is 39.2 Å². The number of ether oxygens (including phenoxy) is 5. The highest BCUT2D eigenvalue weighted by Crippen LogP contribution is 2.42. The van der Waals surface area contributed by atoms with Crippen LogP contribution in [0.1, 0.15) is 62.9 Å². The van der Waals surface area contributed by atoms with Gasteiger partial charge in [-0.25, -0.2) is 0 Å². The van der Waals surface area contributed by atoms with Gasteiger partial charge in [0.25, 0.3) is 11.8 Å². The molecule has 4 heterocycles. The van der Waals surface area contributed by atoms with E-state index < -0.39 is 0 Å². The van der Waals surface area contributed by atoms with E-state index in [1.807, 2.05) is 58.6 Å². The molecular formula is C42H43N5O7. The standard InChI is InChI=1S/C42H43N5O7/c1-50-32-11-7-26(8-12-32)28-16-31-22-45-36-20-40(38(52-3)18-34(36)42(49)47(31)24-28)54-14-4-13-53-39-19-35-33(17-37(39)51-2)41(48)46-23-27(15-30(46)21-44-35)25-5-9-29(43)10-6-25/h5-12,17-22,27-28,30-31H,4,13-16,23-24,43H2,1-3H3/t27?,28?,30?,31-/m0/s1. The minimum Gasteiger partial charge on any atom is -0.497 e. The lowest BCUT2D eigenvalue weighted by Crippen LogP contribution is -2.35. The topological polar surface area (TPSA) is 138 Å².